The molecular formula is C20H13Cl2FN8O2. The van der Waals surface area contributed by atoms with E-state index in [0.29, 0.717) is 22.2 Å². The quantitative estimate of drug-likeness (QED) is 0.321. The van der Waals surface area contributed by atoms with Crippen LogP contribution in [-0.2, 0) is 0 Å². The standard InChI is InChI=1S/C20H13Cl2FN8O2/c21-15-3-1-2-12(19(15)22)10-27-31(20(24)32)13-4-5-17(16(23)8-13)33-14-6-7-25-18(9-14)30-11-26-28-29-30/h1-11H,(H2,24,32)/b27-10+. The number of rotatable bonds is 6. The largest absolute Gasteiger partial charge is 0.454 e. The number of benzene rings is 2. The Morgan fingerprint density at radius 2 is 2.06 bits per heavy atom. The van der Waals surface area contributed by atoms with Crippen molar-refractivity contribution < 1.29 is 13.9 Å². The minimum Gasteiger partial charge on any atom is -0.454 e. The van der Waals surface area contributed by atoms with Crippen molar-refractivity contribution in [3.8, 4) is 17.3 Å². The number of pyridine rings is 1. The van der Waals surface area contributed by atoms with E-state index in [1.54, 1.807) is 18.2 Å². The molecular weight excluding hydrogens is 474 g/mol. The summed E-state index contributed by atoms with van der Waals surface area (Å²) in [6.45, 7) is 0. The number of carbonyl (C=O) groups is 1. The summed E-state index contributed by atoms with van der Waals surface area (Å²) in [5, 5.41) is 16.2. The van der Waals surface area contributed by atoms with Gasteiger partial charge < -0.3 is 10.5 Å². The number of tetrazole rings is 1. The van der Waals surface area contributed by atoms with Crippen molar-refractivity contribution in [2.45, 2.75) is 0 Å². The molecule has 0 bridgehead atoms. The molecule has 0 aliphatic rings. The van der Waals surface area contributed by atoms with Gasteiger partial charge in [0.2, 0.25) is 0 Å². The van der Waals surface area contributed by atoms with Crippen LogP contribution in [0.15, 0.2) is 66.2 Å². The van der Waals surface area contributed by atoms with Gasteiger partial charge in [-0.05, 0) is 34.7 Å². The third-order valence-corrected chi connectivity index (χ3v) is 5.02. The number of hydrazone groups is 1. The number of primary amides is 1. The first-order valence-corrected chi connectivity index (χ1v) is 9.92. The summed E-state index contributed by atoms with van der Waals surface area (Å²) in [4.78, 5) is 16.0. The highest BCUT2D eigenvalue weighted by molar-refractivity contribution is 6.43. The molecule has 0 aliphatic carbocycles. The van der Waals surface area contributed by atoms with Gasteiger partial charge in [0.15, 0.2) is 17.4 Å². The molecule has 2 N–H and O–H groups in total. The average Bonchev–Trinajstić information content (AvgIpc) is 3.33. The second-order valence-corrected chi connectivity index (χ2v) is 7.14. The number of ether oxygens (including phenoxy) is 1. The van der Waals surface area contributed by atoms with Gasteiger partial charge in [0.1, 0.15) is 12.1 Å². The summed E-state index contributed by atoms with van der Waals surface area (Å²) < 4.78 is 21.7. The number of hydrogen-bond donors (Lipinski definition) is 1. The zero-order chi connectivity index (χ0) is 23.4. The smallest absolute Gasteiger partial charge is 0.340 e. The van der Waals surface area contributed by atoms with E-state index < -0.39 is 11.8 Å². The van der Waals surface area contributed by atoms with Gasteiger partial charge in [-0.3, -0.25) is 0 Å². The Balaban J connectivity index is 1.57. The van der Waals surface area contributed by atoms with E-state index in [2.05, 4.69) is 25.6 Å². The summed E-state index contributed by atoms with van der Waals surface area (Å²) in [5.41, 5.74) is 5.94. The molecule has 13 heteroatoms. The van der Waals surface area contributed by atoms with Gasteiger partial charge in [-0.15, -0.1) is 5.10 Å². The first-order chi connectivity index (χ1) is 15.9. The normalized spacial score (nSPS) is 11.0. The molecule has 2 aromatic carbocycles. The van der Waals surface area contributed by atoms with E-state index in [-0.39, 0.29) is 16.5 Å². The van der Waals surface area contributed by atoms with Crippen LogP contribution in [-0.4, -0.2) is 37.4 Å². The Kier molecular flexibility index (Phi) is 6.43. The second kappa shape index (κ2) is 9.59. The zero-order valence-electron chi connectivity index (χ0n) is 16.5. The molecule has 0 unspecified atom stereocenters. The number of nitrogens with two attached hydrogens (primary N) is 1. The molecule has 2 heterocycles. The fourth-order valence-electron chi connectivity index (χ4n) is 2.68. The number of halogens is 3. The maximum absolute atomic E-state index is 14.8. The Labute approximate surface area is 196 Å². The Morgan fingerprint density at radius 3 is 2.79 bits per heavy atom. The van der Waals surface area contributed by atoms with Gasteiger partial charge in [-0.25, -0.2) is 14.2 Å². The lowest BCUT2D eigenvalue weighted by Gasteiger charge is -2.16. The summed E-state index contributed by atoms with van der Waals surface area (Å²) in [7, 11) is 0. The van der Waals surface area contributed by atoms with Crippen LogP contribution in [0.1, 0.15) is 5.56 Å². The van der Waals surface area contributed by atoms with Gasteiger partial charge in [0.05, 0.1) is 21.9 Å². The van der Waals surface area contributed by atoms with E-state index in [4.69, 9.17) is 33.7 Å². The van der Waals surface area contributed by atoms with Crippen LogP contribution in [0.5, 0.6) is 11.5 Å². The molecule has 2 aromatic heterocycles. The highest BCUT2D eigenvalue weighted by Crippen LogP contribution is 2.29. The molecule has 4 aromatic rings. The van der Waals surface area contributed by atoms with E-state index in [1.807, 2.05) is 0 Å². The van der Waals surface area contributed by atoms with Crippen molar-refractivity contribution in [1.29, 1.82) is 0 Å². The molecule has 4 rings (SSSR count). The van der Waals surface area contributed by atoms with Crippen molar-refractivity contribution in [1.82, 2.24) is 25.2 Å². The van der Waals surface area contributed by atoms with Crippen LogP contribution >= 0.6 is 23.2 Å². The molecule has 0 atom stereocenters. The van der Waals surface area contributed by atoms with Crippen LogP contribution in [0, 0.1) is 5.82 Å². The summed E-state index contributed by atoms with van der Waals surface area (Å²) >= 11 is 12.1. The van der Waals surface area contributed by atoms with Crippen molar-refractivity contribution in [2.75, 3.05) is 5.01 Å². The van der Waals surface area contributed by atoms with Crippen molar-refractivity contribution in [3.63, 3.8) is 0 Å². The first-order valence-electron chi connectivity index (χ1n) is 9.17. The van der Waals surface area contributed by atoms with Crippen molar-refractivity contribution >= 4 is 41.1 Å². The SMILES string of the molecule is NC(=O)N(/N=C/c1cccc(Cl)c1Cl)c1ccc(Oc2ccnc(-n3cnnn3)c2)c(F)c1. The molecule has 2 amide bonds. The predicted molar refractivity (Wildman–Crippen MR) is 120 cm³/mol. The highest BCUT2D eigenvalue weighted by atomic mass is 35.5. The maximum atomic E-state index is 14.8. The van der Waals surface area contributed by atoms with Gasteiger partial charge in [-0.1, -0.05) is 35.3 Å². The fraction of sp³-hybridized carbons (Fsp3) is 0. The Morgan fingerprint density at radius 1 is 1.21 bits per heavy atom. The fourth-order valence-corrected chi connectivity index (χ4v) is 3.03. The lowest BCUT2D eigenvalue weighted by Crippen LogP contribution is -2.31. The Hall–Kier alpha value is -4.09. The van der Waals surface area contributed by atoms with Crippen molar-refractivity contribution in [2.24, 2.45) is 10.8 Å². The van der Waals surface area contributed by atoms with Gasteiger partial charge in [-0.2, -0.15) is 14.8 Å². The number of nitrogens with zero attached hydrogens (tertiary/aromatic N) is 7. The van der Waals surface area contributed by atoms with Gasteiger partial charge >= 0.3 is 6.03 Å². The summed E-state index contributed by atoms with van der Waals surface area (Å²) in [5.74, 6) is -0.180. The van der Waals surface area contributed by atoms with Crippen LogP contribution in [0.4, 0.5) is 14.9 Å². The number of urea groups is 1. The number of hydrogen-bond acceptors (Lipinski definition) is 7. The third-order valence-electron chi connectivity index (χ3n) is 4.19. The van der Waals surface area contributed by atoms with E-state index >= 15 is 0 Å². The monoisotopic (exact) mass is 486 g/mol. The average molecular weight is 487 g/mol. The third kappa shape index (κ3) is 5.05. The predicted octanol–water partition coefficient (Wildman–Crippen LogP) is 4.21. The van der Waals surface area contributed by atoms with E-state index in [1.165, 1.54) is 47.7 Å². The van der Waals surface area contributed by atoms with Crippen LogP contribution in [0.3, 0.4) is 0 Å². The number of amides is 2. The first kappa shape index (κ1) is 22.1. The van der Waals surface area contributed by atoms with E-state index in [9.17, 15) is 9.18 Å². The zero-order valence-corrected chi connectivity index (χ0v) is 18.0. The number of aromatic nitrogens is 5. The van der Waals surface area contributed by atoms with E-state index in [0.717, 1.165) is 11.1 Å². The number of anilines is 1. The minimum absolute atomic E-state index is 0.0749. The molecule has 33 heavy (non-hydrogen) atoms. The maximum Gasteiger partial charge on any atom is 0.340 e. The molecule has 0 spiro atoms. The lowest BCUT2D eigenvalue weighted by atomic mass is 10.2. The summed E-state index contributed by atoms with van der Waals surface area (Å²) in [6, 6.07) is 10.9. The van der Waals surface area contributed by atoms with Crippen LogP contribution in [0.2, 0.25) is 10.0 Å². The molecule has 0 fully saturated rings. The molecule has 10 nitrogen and oxygen atoms in total. The highest BCUT2D eigenvalue weighted by Gasteiger charge is 2.15. The second-order valence-electron chi connectivity index (χ2n) is 6.36. The molecule has 0 saturated heterocycles. The van der Waals surface area contributed by atoms with Crippen molar-refractivity contribution in [3.05, 3.63) is 82.5 Å². The van der Waals surface area contributed by atoms with Crippen LogP contribution < -0.4 is 15.5 Å². The molecule has 0 saturated carbocycles. The molecule has 0 radical (unpaired) electrons. The topological polar surface area (TPSA) is 124 Å². The lowest BCUT2D eigenvalue weighted by molar-refractivity contribution is 0.254. The van der Waals surface area contributed by atoms with Gasteiger partial charge in [0.25, 0.3) is 0 Å². The molecule has 166 valence electrons. The molecule has 0 aliphatic heterocycles. The Bertz CT molecular complexity index is 1330. The van der Waals surface area contributed by atoms with Crippen LogP contribution in [0.25, 0.3) is 5.82 Å². The minimum atomic E-state index is -0.933. The summed E-state index contributed by atoms with van der Waals surface area (Å²) in [6.07, 6.45) is 4.11. The number of carbonyl (C=O) groups excluding carboxylic acids is 1. The van der Waals surface area contributed by atoms with Gasteiger partial charge in [0, 0.05) is 23.9 Å².